The van der Waals surface area contributed by atoms with Gasteiger partial charge in [-0.1, -0.05) is 6.07 Å². The number of benzene rings is 1. The van der Waals surface area contributed by atoms with Crippen LogP contribution in [0.3, 0.4) is 0 Å². The molecule has 0 atom stereocenters. The monoisotopic (exact) mass is 232 g/mol. The molecule has 1 aromatic heterocycles. The molecule has 0 spiro atoms. The van der Waals surface area contributed by atoms with E-state index in [1.165, 1.54) is 18.3 Å². The highest BCUT2D eigenvalue weighted by atomic mass is 19.1. The first-order valence-electron chi connectivity index (χ1n) is 4.90. The average molecular weight is 232 g/mol. The maximum Gasteiger partial charge on any atom is 0.338 e. The lowest BCUT2D eigenvalue weighted by atomic mass is 10.1. The number of aryl methyl sites for hydroxylation is 1. The predicted molar refractivity (Wildman–Crippen MR) is 59.1 cm³/mol. The first-order valence-corrected chi connectivity index (χ1v) is 4.90. The van der Waals surface area contributed by atoms with Gasteiger partial charge in [0, 0.05) is 11.8 Å². The van der Waals surface area contributed by atoms with Gasteiger partial charge in [0.05, 0.1) is 23.1 Å². The highest BCUT2D eigenvalue weighted by molar-refractivity contribution is 5.88. The fourth-order valence-electron chi connectivity index (χ4n) is 1.45. The van der Waals surface area contributed by atoms with Crippen molar-refractivity contribution in [2.75, 3.05) is 0 Å². The van der Waals surface area contributed by atoms with Crippen molar-refractivity contribution in [1.82, 2.24) is 9.97 Å². The largest absolute Gasteiger partial charge is 0.478 e. The molecular weight excluding hydrogens is 223 g/mol. The van der Waals surface area contributed by atoms with Gasteiger partial charge in [0.15, 0.2) is 0 Å². The minimum atomic E-state index is -1.29. The molecule has 0 fully saturated rings. The van der Waals surface area contributed by atoms with E-state index in [4.69, 9.17) is 5.11 Å². The van der Waals surface area contributed by atoms with E-state index in [1.54, 1.807) is 13.1 Å². The Morgan fingerprint density at radius 2 is 2.12 bits per heavy atom. The molecule has 0 amide bonds. The maximum atomic E-state index is 13.5. The van der Waals surface area contributed by atoms with Gasteiger partial charge in [0.25, 0.3) is 0 Å². The second-order valence-electron chi connectivity index (χ2n) is 3.55. The number of carboxylic acids is 1. The molecule has 1 heterocycles. The van der Waals surface area contributed by atoms with Crippen LogP contribution in [-0.4, -0.2) is 21.0 Å². The third-order valence-electron chi connectivity index (χ3n) is 2.25. The highest BCUT2D eigenvalue weighted by Crippen LogP contribution is 2.19. The summed E-state index contributed by atoms with van der Waals surface area (Å²) in [7, 11) is 0. The van der Waals surface area contributed by atoms with Crippen molar-refractivity contribution < 1.29 is 14.3 Å². The molecule has 0 saturated carbocycles. The molecular formula is C12H9FN2O2. The van der Waals surface area contributed by atoms with Crippen LogP contribution in [0.25, 0.3) is 11.3 Å². The number of aromatic nitrogens is 2. The zero-order chi connectivity index (χ0) is 12.4. The van der Waals surface area contributed by atoms with Gasteiger partial charge in [0.2, 0.25) is 0 Å². The summed E-state index contributed by atoms with van der Waals surface area (Å²) in [5, 5.41) is 8.70. The summed E-state index contributed by atoms with van der Waals surface area (Å²) in [6.45, 7) is 1.78. The van der Waals surface area contributed by atoms with Crippen molar-refractivity contribution >= 4 is 5.97 Å². The van der Waals surface area contributed by atoms with Crippen LogP contribution in [0.5, 0.6) is 0 Å². The molecule has 0 saturated heterocycles. The Morgan fingerprint density at radius 1 is 1.35 bits per heavy atom. The summed E-state index contributed by atoms with van der Waals surface area (Å²) < 4.78 is 13.5. The molecule has 2 rings (SSSR count). The van der Waals surface area contributed by atoms with Gasteiger partial charge < -0.3 is 5.11 Å². The van der Waals surface area contributed by atoms with Crippen LogP contribution in [0.15, 0.2) is 30.6 Å². The Hall–Kier alpha value is -2.30. The standard InChI is InChI=1S/C12H9FN2O2/c1-7-5-14-6-11(15-7)8-2-3-9(12(16)17)10(13)4-8/h2-6H,1H3,(H,16,17). The Labute approximate surface area is 96.8 Å². The predicted octanol–water partition coefficient (Wildman–Crippen LogP) is 2.29. The molecule has 0 unspecified atom stereocenters. The number of halogens is 1. The van der Waals surface area contributed by atoms with Crippen molar-refractivity contribution in [3.05, 3.63) is 47.7 Å². The van der Waals surface area contributed by atoms with E-state index in [9.17, 15) is 9.18 Å². The molecule has 5 heteroatoms. The van der Waals surface area contributed by atoms with Crippen molar-refractivity contribution in [3.63, 3.8) is 0 Å². The molecule has 4 nitrogen and oxygen atoms in total. The Bertz CT molecular complexity index is 584. The minimum absolute atomic E-state index is 0.352. The topological polar surface area (TPSA) is 63.1 Å². The normalized spacial score (nSPS) is 10.2. The van der Waals surface area contributed by atoms with E-state index in [-0.39, 0.29) is 5.56 Å². The quantitative estimate of drug-likeness (QED) is 0.862. The van der Waals surface area contributed by atoms with Crippen LogP contribution in [-0.2, 0) is 0 Å². The first kappa shape index (κ1) is 11.2. The van der Waals surface area contributed by atoms with Crippen LogP contribution in [0, 0.1) is 12.7 Å². The van der Waals surface area contributed by atoms with Gasteiger partial charge in [0.1, 0.15) is 5.82 Å². The number of hydrogen-bond acceptors (Lipinski definition) is 3. The average Bonchev–Trinajstić information content (AvgIpc) is 2.28. The summed E-state index contributed by atoms with van der Waals surface area (Å²) in [6, 6.07) is 3.87. The molecule has 1 N–H and O–H groups in total. The van der Waals surface area contributed by atoms with E-state index in [0.717, 1.165) is 6.07 Å². The summed E-state index contributed by atoms with van der Waals surface area (Å²) in [5.41, 5.74) is 1.38. The lowest BCUT2D eigenvalue weighted by Crippen LogP contribution is -2.00. The lowest BCUT2D eigenvalue weighted by Gasteiger charge is -2.03. The Balaban J connectivity index is 2.48. The van der Waals surface area contributed by atoms with E-state index < -0.39 is 11.8 Å². The SMILES string of the molecule is Cc1cncc(-c2ccc(C(=O)O)c(F)c2)n1. The van der Waals surface area contributed by atoms with Gasteiger partial charge in [-0.2, -0.15) is 0 Å². The summed E-state index contributed by atoms with van der Waals surface area (Å²) in [4.78, 5) is 18.8. The van der Waals surface area contributed by atoms with E-state index in [0.29, 0.717) is 17.0 Å². The second-order valence-corrected chi connectivity index (χ2v) is 3.55. The highest BCUT2D eigenvalue weighted by Gasteiger charge is 2.11. The molecule has 86 valence electrons. The Kier molecular flexibility index (Phi) is 2.82. The van der Waals surface area contributed by atoms with Crippen LogP contribution >= 0.6 is 0 Å². The molecule has 0 aliphatic heterocycles. The molecule has 17 heavy (non-hydrogen) atoms. The van der Waals surface area contributed by atoms with E-state index in [1.807, 2.05) is 0 Å². The van der Waals surface area contributed by atoms with Gasteiger partial charge >= 0.3 is 5.97 Å². The molecule has 1 aromatic carbocycles. The number of aromatic carboxylic acids is 1. The smallest absolute Gasteiger partial charge is 0.338 e. The molecule has 0 aliphatic rings. The van der Waals surface area contributed by atoms with Crippen molar-refractivity contribution in [1.29, 1.82) is 0 Å². The van der Waals surface area contributed by atoms with Crippen molar-refractivity contribution in [3.8, 4) is 11.3 Å². The number of nitrogens with zero attached hydrogens (tertiary/aromatic N) is 2. The molecule has 0 radical (unpaired) electrons. The first-order chi connectivity index (χ1) is 8.08. The van der Waals surface area contributed by atoms with Crippen LogP contribution in [0.2, 0.25) is 0 Å². The van der Waals surface area contributed by atoms with E-state index >= 15 is 0 Å². The second kappa shape index (κ2) is 4.29. The number of hydrogen-bond donors (Lipinski definition) is 1. The van der Waals surface area contributed by atoms with Crippen molar-refractivity contribution in [2.24, 2.45) is 0 Å². The fourth-order valence-corrected chi connectivity index (χ4v) is 1.45. The number of carboxylic acid groups (broad SMARTS) is 1. The van der Waals surface area contributed by atoms with Gasteiger partial charge in [-0.05, 0) is 19.1 Å². The zero-order valence-electron chi connectivity index (χ0n) is 9.01. The van der Waals surface area contributed by atoms with Gasteiger partial charge in [-0.3, -0.25) is 4.98 Å². The molecule has 2 aromatic rings. The summed E-state index contributed by atoms with van der Waals surface area (Å²) in [5.74, 6) is -2.07. The summed E-state index contributed by atoms with van der Waals surface area (Å²) in [6.07, 6.45) is 3.09. The lowest BCUT2D eigenvalue weighted by molar-refractivity contribution is 0.0692. The zero-order valence-corrected chi connectivity index (χ0v) is 9.01. The van der Waals surface area contributed by atoms with E-state index in [2.05, 4.69) is 9.97 Å². The third kappa shape index (κ3) is 2.28. The van der Waals surface area contributed by atoms with Crippen LogP contribution in [0.1, 0.15) is 16.1 Å². The minimum Gasteiger partial charge on any atom is -0.478 e. The van der Waals surface area contributed by atoms with Crippen molar-refractivity contribution in [2.45, 2.75) is 6.92 Å². The van der Waals surface area contributed by atoms with Crippen LogP contribution in [0.4, 0.5) is 4.39 Å². The molecule has 0 bridgehead atoms. The third-order valence-corrected chi connectivity index (χ3v) is 2.25. The maximum absolute atomic E-state index is 13.5. The Morgan fingerprint density at radius 3 is 2.71 bits per heavy atom. The number of carbonyl (C=O) groups is 1. The summed E-state index contributed by atoms with van der Waals surface area (Å²) >= 11 is 0. The fraction of sp³-hybridized carbons (Fsp3) is 0.0833. The van der Waals surface area contributed by atoms with Gasteiger partial charge in [-0.25, -0.2) is 14.2 Å². The number of rotatable bonds is 2. The van der Waals surface area contributed by atoms with Gasteiger partial charge in [-0.15, -0.1) is 0 Å². The van der Waals surface area contributed by atoms with Crippen LogP contribution < -0.4 is 0 Å². The molecule has 0 aliphatic carbocycles.